The topological polar surface area (TPSA) is 113 Å². The van der Waals surface area contributed by atoms with Gasteiger partial charge >= 0.3 is 0 Å². The summed E-state index contributed by atoms with van der Waals surface area (Å²) in [7, 11) is 1.41. The fourth-order valence-corrected chi connectivity index (χ4v) is 4.28. The van der Waals surface area contributed by atoms with Crippen molar-refractivity contribution >= 4 is 34.3 Å². The summed E-state index contributed by atoms with van der Waals surface area (Å²) >= 11 is 6.04. The van der Waals surface area contributed by atoms with Gasteiger partial charge in [0.25, 0.3) is 5.91 Å². The van der Waals surface area contributed by atoms with Crippen LogP contribution in [0.3, 0.4) is 0 Å². The molecule has 1 aliphatic heterocycles. The molecular formula is C25H18ClNO7. The summed E-state index contributed by atoms with van der Waals surface area (Å²) in [5, 5.41) is 22.2. The molecule has 0 saturated carbocycles. The van der Waals surface area contributed by atoms with Crippen LogP contribution in [0, 0.1) is 0 Å². The quantitative estimate of drug-likeness (QED) is 0.366. The van der Waals surface area contributed by atoms with Crippen molar-refractivity contribution < 1.29 is 33.4 Å². The number of benzene rings is 2. The highest BCUT2D eigenvalue weighted by Crippen LogP contribution is 2.42. The Labute approximate surface area is 198 Å². The molecular weight excluding hydrogens is 462 g/mol. The van der Waals surface area contributed by atoms with Crippen molar-refractivity contribution in [3.8, 4) is 11.5 Å². The van der Waals surface area contributed by atoms with Crippen LogP contribution in [-0.2, 0) is 11.3 Å². The fraction of sp³-hybridized carbons (Fsp3) is 0.120. The summed E-state index contributed by atoms with van der Waals surface area (Å²) in [5.41, 5.74) is 0.652. The number of carbonyl (C=O) groups is 2. The number of nitrogens with zero attached hydrogens (tertiary/aromatic N) is 1. The highest BCUT2D eigenvalue weighted by atomic mass is 35.5. The minimum absolute atomic E-state index is 0.0140. The van der Waals surface area contributed by atoms with E-state index in [0.717, 1.165) is 0 Å². The molecule has 0 bridgehead atoms. The second-order valence-corrected chi connectivity index (χ2v) is 8.17. The first-order chi connectivity index (χ1) is 16.4. The molecule has 1 amide bonds. The number of halogens is 1. The number of hydrogen-bond donors (Lipinski definition) is 2. The molecule has 0 fully saturated rings. The standard InChI is InChI=1S/C25H18ClNO7/c1-32-19-6-4-13(10-17(19)28)22-21(24(30)25(31)27(22)12-16-3-2-8-33-16)23(29)20-11-14-9-15(26)5-7-18(14)34-20/h2-11,22,28,30H,12H2,1H3. The molecule has 0 spiro atoms. The first-order valence-electron chi connectivity index (χ1n) is 10.2. The van der Waals surface area contributed by atoms with Crippen molar-refractivity contribution in [1.29, 1.82) is 0 Å². The predicted octanol–water partition coefficient (Wildman–Crippen LogP) is 5.17. The number of phenols is 1. The highest BCUT2D eigenvalue weighted by Gasteiger charge is 2.45. The van der Waals surface area contributed by atoms with Gasteiger partial charge in [0.1, 0.15) is 11.3 Å². The summed E-state index contributed by atoms with van der Waals surface area (Å²) < 4.78 is 16.2. The number of aliphatic hydroxyl groups is 1. The van der Waals surface area contributed by atoms with E-state index in [1.54, 1.807) is 36.4 Å². The van der Waals surface area contributed by atoms with Gasteiger partial charge in [0, 0.05) is 10.4 Å². The molecule has 2 N–H and O–H groups in total. The van der Waals surface area contributed by atoms with Crippen molar-refractivity contribution in [3.05, 3.63) is 94.3 Å². The largest absolute Gasteiger partial charge is 0.504 e. The van der Waals surface area contributed by atoms with Crippen LogP contribution in [0.5, 0.6) is 11.5 Å². The lowest BCUT2D eigenvalue weighted by atomic mass is 9.94. The molecule has 1 unspecified atom stereocenters. The molecule has 3 heterocycles. The van der Waals surface area contributed by atoms with E-state index in [0.29, 0.717) is 27.3 Å². The monoisotopic (exact) mass is 479 g/mol. The fourth-order valence-electron chi connectivity index (χ4n) is 4.10. The number of furan rings is 2. The Bertz CT molecular complexity index is 1450. The van der Waals surface area contributed by atoms with Gasteiger partial charge in [-0.3, -0.25) is 9.59 Å². The lowest BCUT2D eigenvalue weighted by Gasteiger charge is -2.26. The number of aromatic hydroxyl groups is 1. The lowest BCUT2D eigenvalue weighted by molar-refractivity contribution is -0.130. The molecule has 1 atom stereocenters. The number of Topliss-reactive ketones (excluding diaryl/α,β-unsaturated/α-hetero) is 1. The average Bonchev–Trinajstić information content (AvgIpc) is 3.54. The van der Waals surface area contributed by atoms with Crippen molar-refractivity contribution in [2.45, 2.75) is 12.6 Å². The highest BCUT2D eigenvalue weighted by molar-refractivity contribution is 6.31. The second kappa shape index (κ2) is 8.31. The maximum absolute atomic E-state index is 13.6. The van der Waals surface area contributed by atoms with E-state index in [2.05, 4.69) is 0 Å². The van der Waals surface area contributed by atoms with E-state index in [-0.39, 0.29) is 29.4 Å². The summed E-state index contributed by atoms with van der Waals surface area (Å²) in [6.07, 6.45) is 1.46. The third kappa shape index (κ3) is 3.58. The van der Waals surface area contributed by atoms with Crippen molar-refractivity contribution in [1.82, 2.24) is 4.90 Å². The maximum atomic E-state index is 13.6. The Morgan fingerprint density at radius 1 is 1.15 bits per heavy atom. The van der Waals surface area contributed by atoms with Crippen LogP contribution >= 0.6 is 11.6 Å². The predicted molar refractivity (Wildman–Crippen MR) is 122 cm³/mol. The molecule has 172 valence electrons. The van der Waals surface area contributed by atoms with E-state index < -0.39 is 23.5 Å². The summed E-state index contributed by atoms with van der Waals surface area (Å²) in [6.45, 7) is -0.0140. The number of ketones is 1. The van der Waals surface area contributed by atoms with Gasteiger partial charge in [0.2, 0.25) is 5.78 Å². The number of hydrogen-bond acceptors (Lipinski definition) is 7. The van der Waals surface area contributed by atoms with Gasteiger partial charge in [0.05, 0.1) is 31.5 Å². The molecule has 4 aromatic rings. The summed E-state index contributed by atoms with van der Waals surface area (Å²) in [5.74, 6) is -1.68. The Hall–Kier alpha value is -4.17. The summed E-state index contributed by atoms with van der Waals surface area (Å²) in [6, 6.07) is 13.3. The Balaban J connectivity index is 1.62. The molecule has 1 aliphatic rings. The van der Waals surface area contributed by atoms with E-state index in [1.165, 1.54) is 36.5 Å². The number of fused-ring (bicyclic) bond motifs is 1. The molecule has 34 heavy (non-hydrogen) atoms. The van der Waals surface area contributed by atoms with Crippen LogP contribution in [-0.4, -0.2) is 33.9 Å². The van der Waals surface area contributed by atoms with Crippen LogP contribution in [0.15, 0.2) is 81.0 Å². The number of ether oxygens (including phenoxy) is 1. The van der Waals surface area contributed by atoms with Gasteiger partial charge in [-0.1, -0.05) is 17.7 Å². The number of phenolic OH excluding ortho intramolecular Hbond substituents is 1. The molecule has 5 rings (SSSR count). The average molecular weight is 480 g/mol. The van der Waals surface area contributed by atoms with E-state index in [9.17, 15) is 19.8 Å². The maximum Gasteiger partial charge on any atom is 0.290 e. The lowest BCUT2D eigenvalue weighted by Crippen LogP contribution is -2.30. The van der Waals surface area contributed by atoms with Crippen molar-refractivity contribution in [2.24, 2.45) is 0 Å². The summed E-state index contributed by atoms with van der Waals surface area (Å²) in [4.78, 5) is 27.9. The van der Waals surface area contributed by atoms with Gasteiger partial charge < -0.3 is 28.7 Å². The van der Waals surface area contributed by atoms with Crippen LogP contribution in [0.1, 0.15) is 27.9 Å². The number of amides is 1. The third-order valence-electron chi connectivity index (χ3n) is 5.68. The molecule has 2 aromatic heterocycles. The minimum atomic E-state index is -1.02. The van der Waals surface area contributed by atoms with Crippen LogP contribution in [0.2, 0.25) is 5.02 Å². The van der Waals surface area contributed by atoms with Gasteiger partial charge in [-0.2, -0.15) is 0 Å². The van der Waals surface area contributed by atoms with Gasteiger partial charge in [0.15, 0.2) is 23.0 Å². The van der Waals surface area contributed by atoms with E-state index in [4.69, 9.17) is 25.2 Å². The van der Waals surface area contributed by atoms with Crippen molar-refractivity contribution in [3.63, 3.8) is 0 Å². The Morgan fingerprint density at radius 2 is 1.97 bits per heavy atom. The molecule has 8 nitrogen and oxygen atoms in total. The molecule has 0 radical (unpaired) electrons. The Morgan fingerprint density at radius 3 is 2.68 bits per heavy atom. The molecule has 2 aromatic carbocycles. The third-order valence-corrected chi connectivity index (χ3v) is 5.91. The van der Waals surface area contributed by atoms with E-state index >= 15 is 0 Å². The SMILES string of the molecule is COc1ccc(C2C(C(=O)c3cc4cc(Cl)ccc4o3)=C(O)C(=O)N2Cc2ccco2)cc1O. The zero-order valence-electron chi connectivity index (χ0n) is 17.8. The van der Waals surface area contributed by atoms with E-state index in [1.807, 2.05) is 0 Å². The van der Waals surface area contributed by atoms with Crippen LogP contribution in [0.4, 0.5) is 0 Å². The molecule has 0 aliphatic carbocycles. The second-order valence-electron chi connectivity index (χ2n) is 7.73. The van der Waals surface area contributed by atoms with Gasteiger partial charge in [-0.25, -0.2) is 0 Å². The first kappa shape index (κ1) is 21.7. The van der Waals surface area contributed by atoms with Crippen LogP contribution < -0.4 is 4.74 Å². The minimum Gasteiger partial charge on any atom is -0.504 e. The van der Waals surface area contributed by atoms with Gasteiger partial charge in [-0.15, -0.1) is 0 Å². The molecule has 0 saturated heterocycles. The number of aliphatic hydroxyl groups excluding tert-OH is 1. The number of rotatable bonds is 6. The smallest absolute Gasteiger partial charge is 0.290 e. The number of methoxy groups -OCH3 is 1. The normalized spacial score (nSPS) is 16.0. The Kier molecular flexibility index (Phi) is 5.30. The zero-order valence-corrected chi connectivity index (χ0v) is 18.6. The van der Waals surface area contributed by atoms with Gasteiger partial charge in [-0.05, 0) is 54.1 Å². The molecule has 9 heteroatoms. The number of carbonyl (C=O) groups excluding carboxylic acids is 2. The first-order valence-corrected chi connectivity index (χ1v) is 10.6. The van der Waals surface area contributed by atoms with Crippen molar-refractivity contribution in [2.75, 3.05) is 7.11 Å². The van der Waals surface area contributed by atoms with Crippen LogP contribution in [0.25, 0.3) is 11.0 Å². The zero-order chi connectivity index (χ0) is 24.0.